The Morgan fingerprint density at radius 3 is 2.23 bits per heavy atom. The van der Waals surface area contributed by atoms with E-state index in [1.54, 1.807) is 0 Å². The lowest BCUT2D eigenvalue weighted by molar-refractivity contribution is -0.117. The van der Waals surface area contributed by atoms with Gasteiger partial charge in [-0.25, -0.2) is 0 Å². The number of benzene rings is 2. The van der Waals surface area contributed by atoms with E-state index in [4.69, 9.17) is 0 Å². The van der Waals surface area contributed by atoms with Gasteiger partial charge in [0, 0.05) is 11.4 Å². The summed E-state index contributed by atoms with van der Waals surface area (Å²) in [6.07, 6.45) is 0. The van der Waals surface area contributed by atoms with Gasteiger partial charge < -0.3 is 10.6 Å². The molecule has 0 saturated carbocycles. The molecule has 0 aliphatic carbocycles. The molecule has 2 N–H and O–H groups in total. The van der Waals surface area contributed by atoms with Crippen LogP contribution in [-0.4, -0.2) is 40.5 Å². The zero-order valence-corrected chi connectivity index (χ0v) is 19.3. The molecule has 2 aromatic carbocycles. The molecule has 3 rings (SSSR count). The normalized spacial score (nSPS) is 10.9. The number of amides is 2. The van der Waals surface area contributed by atoms with E-state index in [1.807, 2.05) is 63.9 Å². The molecule has 0 saturated heterocycles. The molecule has 8 heteroatoms. The van der Waals surface area contributed by atoms with Gasteiger partial charge in [-0.2, -0.15) is 0 Å². The fourth-order valence-corrected chi connectivity index (χ4v) is 4.13. The van der Waals surface area contributed by atoms with Gasteiger partial charge in [0.2, 0.25) is 10.9 Å². The van der Waals surface area contributed by atoms with Gasteiger partial charge in [0.15, 0.2) is 0 Å². The Hall–Kier alpha value is -3.10. The van der Waals surface area contributed by atoms with Crippen LogP contribution in [0.4, 0.5) is 11.4 Å². The molecule has 31 heavy (non-hydrogen) atoms. The summed E-state index contributed by atoms with van der Waals surface area (Å²) < 4.78 is 0. The lowest BCUT2D eigenvalue weighted by Gasteiger charge is -2.17. The SMILES string of the molecule is Cc1ccc(NC(=O)c2nnc(CN(C)CC(=O)Nc3c(C)cc(C)cc3C)s2)cc1. The summed E-state index contributed by atoms with van der Waals surface area (Å²) in [5, 5.41) is 14.9. The second-order valence-corrected chi connectivity index (χ2v) is 8.88. The Kier molecular flexibility index (Phi) is 7.14. The van der Waals surface area contributed by atoms with Crippen LogP contribution < -0.4 is 10.6 Å². The molecule has 0 bridgehead atoms. The zero-order valence-electron chi connectivity index (χ0n) is 18.4. The van der Waals surface area contributed by atoms with Gasteiger partial charge >= 0.3 is 0 Å². The van der Waals surface area contributed by atoms with Gasteiger partial charge in [-0.3, -0.25) is 14.5 Å². The van der Waals surface area contributed by atoms with Gasteiger partial charge in [0.05, 0.1) is 13.1 Å². The van der Waals surface area contributed by atoms with Gasteiger partial charge in [-0.05, 0) is 58.0 Å². The summed E-state index contributed by atoms with van der Waals surface area (Å²) in [5.41, 5.74) is 5.95. The van der Waals surface area contributed by atoms with E-state index in [0.717, 1.165) is 22.4 Å². The first-order valence-electron chi connectivity index (χ1n) is 9.98. The van der Waals surface area contributed by atoms with Gasteiger partial charge in [0.25, 0.3) is 5.91 Å². The second-order valence-electron chi connectivity index (χ2n) is 7.82. The minimum atomic E-state index is -0.293. The molecule has 0 unspecified atom stereocenters. The summed E-state index contributed by atoms with van der Waals surface area (Å²) in [4.78, 5) is 26.7. The number of nitrogens with zero attached hydrogens (tertiary/aromatic N) is 3. The van der Waals surface area contributed by atoms with Crippen molar-refractivity contribution in [2.45, 2.75) is 34.2 Å². The van der Waals surface area contributed by atoms with Crippen molar-refractivity contribution >= 4 is 34.5 Å². The Morgan fingerprint density at radius 2 is 1.58 bits per heavy atom. The number of carbonyl (C=O) groups excluding carboxylic acids is 2. The number of aryl methyl sites for hydroxylation is 4. The minimum absolute atomic E-state index is 0.0978. The lowest BCUT2D eigenvalue weighted by atomic mass is 10.1. The predicted molar refractivity (Wildman–Crippen MR) is 125 cm³/mol. The van der Waals surface area contributed by atoms with Crippen molar-refractivity contribution in [3.05, 3.63) is 68.7 Å². The molecule has 0 radical (unpaired) electrons. The molecule has 1 heterocycles. The zero-order chi connectivity index (χ0) is 22.5. The van der Waals surface area contributed by atoms with Crippen molar-refractivity contribution in [2.75, 3.05) is 24.2 Å². The number of carbonyl (C=O) groups is 2. The van der Waals surface area contributed by atoms with Crippen molar-refractivity contribution < 1.29 is 9.59 Å². The highest BCUT2D eigenvalue weighted by Gasteiger charge is 2.16. The summed E-state index contributed by atoms with van der Waals surface area (Å²) in [5.74, 6) is -0.391. The molecule has 0 atom stereocenters. The first-order valence-corrected chi connectivity index (χ1v) is 10.8. The average Bonchev–Trinajstić information content (AvgIpc) is 3.15. The molecule has 7 nitrogen and oxygen atoms in total. The molecule has 2 amide bonds. The molecular formula is C23H27N5O2S. The maximum Gasteiger partial charge on any atom is 0.286 e. The Labute approximate surface area is 186 Å². The molecular weight excluding hydrogens is 410 g/mol. The number of nitrogens with one attached hydrogen (secondary N) is 2. The number of hydrogen-bond donors (Lipinski definition) is 2. The van der Waals surface area contributed by atoms with Crippen molar-refractivity contribution in [3.8, 4) is 0 Å². The number of anilines is 2. The van der Waals surface area contributed by atoms with Crippen molar-refractivity contribution in [1.82, 2.24) is 15.1 Å². The monoisotopic (exact) mass is 437 g/mol. The fourth-order valence-electron chi connectivity index (χ4n) is 3.32. The van der Waals surface area contributed by atoms with E-state index in [2.05, 4.69) is 33.0 Å². The van der Waals surface area contributed by atoms with E-state index in [-0.39, 0.29) is 18.4 Å². The maximum absolute atomic E-state index is 12.5. The van der Waals surface area contributed by atoms with E-state index >= 15 is 0 Å². The standard InChI is InChI=1S/C23H27N5O2S/c1-14-6-8-18(9-7-14)24-22(30)23-27-26-20(31-23)13-28(5)12-19(29)25-21-16(3)10-15(2)11-17(21)4/h6-11H,12-13H2,1-5H3,(H,24,30)(H,25,29). The van der Waals surface area contributed by atoms with E-state index < -0.39 is 0 Å². The predicted octanol–water partition coefficient (Wildman–Crippen LogP) is 4.09. The molecule has 3 aromatic rings. The lowest BCUT2D eigenvalue weighted by Crippen LogP contribution is -2.30. The quantitative estimate of drug-likeness (QED) is 0.581. The minimum Gasteiger partial charge on any atom is -0.324 e. The van der Waals surface area contributed by atoms with Crippen LogP contribution in [0.1, 0.15) is 37.1 Å². The summed E-state index contributed by atoms with van der Waals surface area (Å²) in [7, 11) is 1.84. The van der Waals surface area contributed by atoms with Crippen LogP contribution in [0.5, 0.6) is 0 Å². The Morgan fingerprint density at radius 1 is 0.935 bits per heavy atom. The highest BCUT2D eigenvalue weighted by atomic mass is 32.1. The van der Waals surface area contributed by atoms with E-state index in [9.17, 15) is 9.59 Å². The highest BCUT2D eigenvalue weighted by Crippen LogP contribution is 2.22. The maximum atomic E-state index is 12.5. The van der Waals surface area contributed by atoms with Crippen LogP contribution in [0.25, 0.3) is 0 Å². The van der Waals surface area contributed by atoms with E-state index in [1.165, 1.54) is 16.9 Å². The first-order chi connectivity index (χ1) is 14.7. The van der Waals surface area contributed by atoms with Crippen LogP contribution in [-0.2, 0) is 11.3 Å². The molecule has 0 aliphatic rings. The Bertz CT molecular complexity index is 1070. The topological polar surface area (TPSA) is 87.2 Å². The fraction of sp³-hybridized carbons (Fsp3) is 0.304. The van der Waals surface area contributed by atoms with Crippen LogP contribution >= 0.6 is 11.3 Å². The largest absolute Gasteiger partial charge is 0.324 e. The average molecular weight is 438 g/mol. The summed E-state index contributed by atoms with van der Waals surface area (Å²) in [6, 6.07) is 11.7. The second kappa shape index (κ2) is 9.80. The highest BCUT2D eigenvalue weighted by molar-refractivity contribution is 7.13. The molecule has 1 aromatic heterocycles. The first kappa shape index (κ1) is 22.6. The third-order valence-electron chi connectivity index (χ3n) is 4.73. The summed E-state index contributed by atoms with van der Waals surface area (Å²) in [6.45, 7) is 8.64. The third kappa shape index (κ3) is 6.19. The van der Waals surface area contributed by atoms with Crippen molar-refractivity contribution in [3.63, 3.8) is 0 Å². The smallest absolute Gasteiger partial charge is 0.286 e. The third-order valence-corrected chi connectivity index (χ3v) is 5.64. The van der Waals surface area contributed by atoms with Crippen molar-refractivity contribution in [2.24, 2.45) is 0 Å². The Balaban J connectivity index is 1.54. The van der Waals surface area contributed by atoms with Gasteiger partial charge in [-0.15, -0.1) is 10.2 Å². The van der Waals surface area contributed by atoms with Crippen molar-refractivity contribution in [1.29, 1.82) is 0 Å². The molecule has 0 aliphatic heterocycles. The van der Waals surface area contributed by atoms with Crippen LogP contribution in [0.15, 0.2) is 36.4 Å². The van der Waals surface area contributed by atoms with Crippen LogP contribution in [0, 0.1) is 27.7 Å². The van der Waals surface area contributed by atoms with Gasteiger partial charge in [0.1, 0.15) is 5.01 Å². The molecule has 0 spiro atoms. The number of hydrogen-bond acceptors (Lipinski definition) is 6. The molecule has 162 valence electrons. The number of aromatic nitrogens is 2. The van der Waals surface area contributed by atoms with Crippen LogP contribution in [0.2, 0.25) is 0 Å². The van der Waals surface area contributed by atoms with Crippen LogP contribution in [0.3, 0.4) is 0 Å². The number of rotatable bonds is 7. The number of likely N-dealkylation sites (N-methyl/N-ethyl adjacent to an activating group) is 1. The van der Waals surface area contributed by atoms with E-state index in [0.29, 0.717) is 22.2 Å². The van der Waals surface area contributed by atoms with Gasteiger partial charge in [-0.1, -0.05) is 46.7 Å². The molecule has 0 fully saturated rings. The summed E-state index contributed by atoms with van der Waals surface area (Å²) >= 11 is 1.22.